The van der Waals surface area contributed by atoms with Crippen LogP contribution in [0.15, 0.2) is 6.07 Å². The molecule has 0 heterocycles. The van der Waals surface area contributed by atoms with Gasteiger partial charge in [-0.15, -0.1) is 0 Å². The number of anilines is 2. The zero-order chi connectivity index (χ0) is 24.3. The zero-order valence-electron chi connectivity index (χ0n) is 20.4. The molecule has 0 spiro atoms. The van der Waals surface area contributed by atoms with Crippen LogP contribution >= 0.6 is 48.9 Å². The van der Waals surface area contributed by atoms with Gasteiger partial charge in [0.1, 0.15) is 0 Å². The fraction of sp³-hybridized carbons (Fsp3) is 0.680. The highest BCUT2D eigenvalue weighted by Crippen LogP contribution is 2.36. The molecule has 0 aliphatic carbocycles. The number of nitrogens with zero attached hydrogens (tertiary/aromatic N) is 1. The summed E-state index contributed by atoms with van der Waals surface area (Å²) in [7, 11) is 0. The van der Waals surface area contributed by atoms with Crippen molar-refractivity contribution >= 4 is 60.2 Å². The lowest BCUT2D eigenvalue weighted by Crippen LogP contribution is -2.29. The Morgan fingerprint density at radius 1 is 0.848 bits per heavy atom. The van der Waals surface area contributed by atoms with Crippen molar-refractivity contribution in [1.82, 2.24) is 4.90 Å². The van der Waals surface area contributed by atoms with Crippen molar-refractivity contribution in [3.05, 3.63) is 29.7 Å². The number of nitrogens with one attached hydrogen (secondary N) is 2. The summed E-state index contributed by atoms with van der Waals surface area (Å²) in [5.74, 6) is 0. The SMILES string of the molecule is C.CCCN(CCC)CCOCCNc1c(C(C)(C)C)c(=S)c1=S.CCNc1cc(=S)c1=S. The maximum absolute atomic E-state index is 5.76. The minimum absolute atomic E-state index is 0. The third kappa shape index (κ3) is 10.2. The molecule has 0 fully saturated rings. The summed E-state index contributed by atoms with van der Waals surface area (Å²) in [4.78, 5) is 2.47. The Bertz CT molecular complexity index is 958. The lowest BCUT2D eigenvalue weighted by atomic mass is 9.83. The molecule has 2 aromatic carbocycles. The van der Waals surface area contributed by atoms with Crippen molar-refractivity contribution in [2.75, 3.05) is 56.6 Å². The zero-order valence-corrected chi connectivity index (χ0v) is 23.7. The van der Waals surface area contributed by atoms with E-state index in [4.69, 9.17) is 53.6 Å². The van der Waals surface area contributed by atoms with Crippen LogP contribution in [0.2, 0.25) is 0 Å². The molecular weight excluding hydrogens is 487 g/mol. The van der Waals surface area contributed by atoms with Crippen molar-refractivity contribution in [2.45, 2.75) is 67.2 Å². The van der Waals surface area contributed by atoms with Crippen molar-refractivity contribution in [2.24, 2.45) is 0 Å². The lowest BCUT2D eigenvalue weighted by molar-refractivity contribution is 0.111. The van der Waals surface area contributed by atoms with Crippen LogP contribution in [0.1, 0.15) is 67.4 Å². The minimum atomic E-state index is 0. The first-order valence-electron chi connectivity index (χ1n) is 11.5. The Balaban J connectivity index is 0.000000856. The Morgan fingerprint density at radius 3 is 1.91 bits per heavy atom. The molecule has 0 radical (unpaired) electrons. The summed E-state index contributed by atoms with van der Waals surface area (Å²) in [6.45, 7) is 19.5. The van der Waals surface area contributed by atoms with Crippen molar-refractivity contribution in [3.8, 4) is 0 Å². The highest BCUT2D eigenvalue weighted by Gasteiger charge is 2.25. The van der Waals surface area contributed by atoms with Gasteiger partial charge in [-0.05, 0) is 44.3 Å². The molecule has 0 bridgehead atoms. The molecule has 33 heavy (non-hydrogen) atoms. The average Bonchev–Trinajstić information content (AvgIpc) is 2.74. The molecule has 0 unspecified atom stereocenters. The molecule has 0 amide bonds. The first kappa shape index (κ1) is 32.4. The van der Waals surface area contributed by atoms with Crippen LogP contribution < -0.4 is 10.6 Å². The van der Waals surface area contributed by atoms with Crippen LogP contribution in [-0.2, 0) is 10.2 Å². The fourth-order valence-corrected chi connectivity index (χ4v) is 4.63. The van der Waals surface area contributed by atoms with Gasteiger partial charge in [0.15, 0.2) is 0 Å². The Morgan fingerprint density at radius 2 is 1.45 bits per heavy atom. The second kappa shape index (κ2) is 16.1. The minimum Gasteiger partial charge on any atom is -0.384 e. The van der Waals surface area contributed by atoms with Crippen molar-refractivity contribution in [3.63, 3.8) is 0 Å². The number of rotatable bonds is 13. The predicted octanol–water partition coefficient (Wildman–Crippen LogP) is 7.96. The van der Waals surface area contributed by atoms with Crippen molar-refractivity contribution < 1.29 is 4.74 Å². The van der Waals surface area contributed by atoms with Crippen LogP contribution in [0, 0.1) is 18.0 Å². The second-order valence-corrected chi connectivity index (χ2v) is 10.5. The molecule has 0 aliphatic rings. The lowest BCUT2D eigenvalue weighted by Gasteiger charge is -2.27. The normalized spacial score (nSPS) is 11.2. The largest absolute Gasteiger partial charge is 0.384 e. The van der Waals surface area contributed by atoms with Crippen molar-refractivity contribution in [1.29, 1.82) is 0 Å². The van der Waals surface area contributed by atoms with E-state index in [-0.39, 0.29) is 12.8 Å². The molecule has 0 saturated heterocycles. The molecule has 0 saturated carbocycles. The molecule has 0 atom stereocenters. The van der Waals surface area contributed by atoms with Gasteiger partial charge in [0, 0.05) is 25.2 Å². The summed E-state index contributed by atoms with van der Waals surface area (Å²) in [5, 5.41) is 6.50. The quantitative estimate of drug-likeness (QED) is 0.200. The van der Waals surface area contributed by atoms with E-state index in [1.165, 1.54) is 18.4 Å². The highest BCUT2D eigenvalue weighted by atomic mass is 32.1. The van der Waals surface area contributed by atoms with Crippen LogP contribution in [0.3, 0.4) is 0 Å². The summed E-state index contributed by atoms with van der Waals surface area (Å²) < 4.78 is 9.03. The smallest absolute Gasteiger partial charge is 0.0796 e. The molecule has 2 N–H and O–H groups in total. The van der Waals surface area contributed by atoms with E-state index < -0.39 is 0 Å². The van der Waals surface area contributed by atoms with Gasteiger partial charge in [-0.2, -0.15) is 0 Å². The molecule has 188 valence electrons. The molecule has 0 aromatic heterocycles. The van der Waals surface area contributed by atoms with E-state index in [9.17, 15) is 0 Å². The number of ether oxygens (including phenoxy) is 1. The van der Waals surface area contributed by atoms with Crippen LogP contribution in [0.25, 0.3) is 0 Å². The van der Waals surface area contributed by atoms with Gasteiger partial charge in [-0.25, -0.2) is 0 Å². The molecule has 2 aromatic rings. The van der Waals surface area contributed by atoms with E-state index >= 15 is 0 Å². The standard InChI is InChI=1S/C18H32N2OS2.C6H7NS2.CH4/c1-6-9-20(10-7-2)11-13-21-12-8-19-15-14(18(3,4)5)16(22)17(15)23;1-2-7-4-3-5(8)6(4)9;/h19H,6-13H2,1-5H3;3,7H,2H2,1H3;1H4. The first-order valence-corrected chi connectivity index (χ1v) is 13.1. The molecule has 0 aliphatic heterocycles. The first-order chi connectivity index (χ1) is 15.1. The van der Waals surface area contributed by atoms with Gasteiger partial charge in [0.05, 0.1) is 42.6 Å². The van der Waals surface area contributed by atoms with E-state index in [0.717, 1.165) is 68.7 Å². The van der Waals surface area contributed by atoms with Gasteiger partial charge in [-0.1, -0.05) is 90.9 Å². The Kier molecular flexibility index (Phi) is 15.8. The summed E-state index contributed by atoms with van der Waals surface area (Å²) in [5.41, 5.74) is 3.32. The van der Waals surface area contributed by atoms with Crippen LogP contribution in [-0.4, -0.2) is 50.8 Å². The third-order valence-electron chi connectivity index (χ3n) is 4.95. The average molecular weight is 530 g/mol. The third-order valence-corrected chi connectivity index (χ3v) is 6.79. The molecule has 8 heteroatoms. The van der Waals surface area contributed by atoms with Gasteiger partial charge < -0.3 is 20.3 Å². The maximum Gasteiger partial charge on any atom is 0.0796 e. The van der Waals surface area contributed by atoms with Crippen LogP contribution in [0.4, 0.5) is 11.4 Å². The molecule has 2 rings (SSSR count). The summed E-state index contributed by atoms with van der Waals surface area (Å²) >= 11 is 20.5. The molecule has 4 nitrogen and oxygen atoms in total. The van der Waals surface area contributed by atoms with Gasteiger partial charge in [-0.3, -0.25) is 0 Å². The fourth-order valence-electron chi connectivity index (χ4n) is 3.43. The number of hydrogen-bond acceptors (Lipinski definition) is 8. The van der Waals surface area contributed by atoms with E-state index in [0.29, 0.717) is 6.61 Å². The van der Waals surface area contributed by atoms with Gasteiger partial charge in [0.2, 0.25) is 0 Å². The maximum atomic E-state index is 5.76. The highest BCUT2D eigenvalue weighted by molar-refractivity contribution is 7.74. The van der Waals surface area contributed by atoms with E-state index in [1.807, 2.05) is 13.0 Å². The summed E-state index contributed by atoms with van der Waals surface area (Å²) in [6.07, 6.45) is 2.39. The Labute approximate surface area is 222 Å². The topological polar surface area (TPSA) is 36.5 Å². The number of hydrogen-bond donors (Lipinski definition) is 2. The van der Waals surface area contributed by atoms with Gasteiger partial charge in [0.25, 0.3) is 0 Å². The van der Waals surface area contributed by atoms with E-state index in [1.54, 1.807) is 0 Å². The predicted molar refractivity (Wildman–Crippen MR) is 157 cm³/mol. The van der Waals surface area contributed by atoms with E-state index in [2.05, 4.69) is 50.2 Å². The Hall–Kier alpha value is -0.640. The second-order valence-electron chi connectivity index (χ2n) is 8.82. The van der Waals surface area contributed by atoms with Gasteiger partial charge >= 0.3 is 0 Å². The molecular formula is C25H43N3OS4. The monoisotopic (exact) mass is 529 g/mol. The van der Waals surface area contributed by atoms with Crippen LogP contribution in [0.5, 0.6) is 0 Å². The summed E-state index contributed by atoms with van der Waals surface area (Å²) in [6, 6.07) is 1.89.